The number of benzene rings is 3. The minimum atomic E-state index is -0.320. The number of hydrogen-bond acceptors (Lipinski definition) is 4. The van der Waals surface area contributed by atoms with Gasteiger partial charge in [-0.2, -0.15) is 5.10 Å². The van der Waals surface area contributed by atoms with Crippen molar-refractivity contribution in [2.45, 2.75) is 6.54 Å². The van der Waals surface area contributed by atoms with Crippen molar-refractivity contribution in [3.8, 4) is 34.2 Å². The minimum absolute atomic E-state index is 0.177. The summed E-state index contributed by atoms with van der Waals surface area (Å²) in [7, 11) is 0. The van der Waals surface area contributed by atoms with Crippen LogP contribution in [0.25, 0.3) is 22.4 Å². The van der Waals surface area contributed by atoms with Crippen molar-refractivity contribution in [1.82, 2.24) is 14.7 Å². The van der Waals surface area contributed by atoms with Gasteiger partial charge < -0.3 is 4.90 Å². The van der Waals surface area contributed by atoms with Gasteiger partial charge in [-0.3, -0.25) is 9.69 Å². The number of nitrogens with zero attached hydrogens (tertiary/aromatic N) is 4. The highest BCUT2D eigenvalue weighted by Gasteiger charge is 2.16. The normalized spacial score (nSPS) is 13.7. The van der Waals surface area contributed by atoms with Crippen LogP contribution in [0, 0.1) is 17.7 Å². The number of piperazine rings is 1. The van der Waals surface area contributed by atoms with E-state index in [0.29, 0.717) is 17.8 Å². The number of rotatable bonds is 5. The summed E-state index contributed by atoms with van der Waals surface area (Å²) < 4.78 is 14.9. The largest absolute Gasteiger partial charge is 0.369 e. The minimum Gasteiger partial charge on any atom is -0.369 e. The zero-order chi connectivity index (χ0) is 25.6. The average Bonchev–Trinajstić information content (AvgIpc) is 2.93. The van der Waals surface area contributed by atoms with Crippen LogP contribution in [0.4, 0.5) is 10.1 Å². The maximum Gasteiger partial charge on any atom is 0.275 e. The molecule has 37 heavy (non-hydrogen) atoms. The molecule has 0 saturated carbocycles. The molecule has 1 aliphatic heterocycles. The molecule has 2 heterocycles. The van der Waals surface area contributed by atoms with Crippen LogP contribution < -0.4 is 10.5 Å². The van der Waals surface area contributed by atoms with Crippen molar-refractivity contribution in [1.29, 1.82) is 0 Å². The van der Waals surface area contributed by atoms with E-state index in [-0.39, 0.29) is 17.9 Å². The summed E-state index contributed by atoms with van der Waals surface area (Å²) in [5, 5.41) is 5.29. The third-order valence-corrected chi connectivity index (χ3v) is 6.64. The Morgan fingerprint density at radius 2 is 1.54 bits per heavy atom. The smallest absolute Gasteiger partial charge is 0.275 e. The lowest BCUT2D eigenvalue weighted by Crippen LogP contribution is -2.46. The number of halogens is 2. The highest BCUT2D eigenvalue weighted by atomic mass is 35.5. The van der Waals surface area contributed by atoms with Crippen LogP contribution in [-0.4, -0.2) is 47.4 Å². The molecule has 5 rings (SSSR count). The Morgan fingerprint density at radius 1 is 0.811 bits per heavy atom. The summed E-state index contributed by atoms with van der Waals surface area (Å²) >= 11 is 6.13. The van der Waals surface area contributed by atoms with Crippen molar-refractivity contribution < 1.29 is 4.39 Å². The highest BCUT2D eigenvalue weighted by molar-refractivity contribution is 6.30. The summed E-state index contributed by atoms with van der Waals surface area (Å²) in [6, 6.07) is 25.3. The van der Waals surface area contributed by atoms with Crippen LogP contribution in [0.5, 0.6) is 0 Å². The van der Waals surface area contributed by atoms with E-state index >= 15 is 0 Å². The Balaban J connectivity index is 1.30. The van der Waals surface area contributed by atoms with E-state index in [1.807, 2.05) is 48.5 Å². The molecule has 186 valence electrons. The van der Waals surface area contributed by atoms with Gasteiger partial charge in [0.05, 0.1) is 17.8 Å². The van der Waals surface area contributed by atoms with Gasteiger partial charge in [0, 0.05) is 42.5 Å². The van der Waals surface area contributed by atoms with Crippen molar-refractivity contribution in [2.24, 2.45) is 0 Å². The summed E-state index contributed by atoms with van der Waals surface area (Å²) in [5.74, 6) is 6.01. The zero-order valence-corrected chi connectivity index (χ0v) is 21.0. The third kappa shape index (κ3) is 6.08. The Morgan fingerprint density at radius 3 is 2.27 bits per heavy atom. The molecule has 3 aromatic carbocycles. The van der Waals surface area contributed by atoms with Crippen molar-refractivity contribution in [3.05, 3.63) is 106 Å². The molecule has 0 unspecified atom stereocenters. The second-order valence-corrected chi connectivity index (χ2v) is 9.31. The Labute approximate surface area is 220 Å². The lowest BCUT2D eigenvalue weighted by molar-refractivity contribution is 0.288. The van der Waals surface area contributed by atoms with Crippen LogP contribution in [0.15, 0.2) is 89.7 Å². The van der Waals surface area contributed by atoms with Crippen molar-refractivity contribution >= 4 is 17.3 Å². The van der Waals surface area contributed by atoms with Gasteiger partial charge in [0.15, 0.2) is 0 Å². The first-order valence-corrected chi connectivity index (χ1v) is 12.6. The first kappa shape index (κ1) is 24.8. The van der Waals surface area contributed by atoms with Gasteiger partial charge in [-0.15, -0.1) is 0 Å². The summed E-state index contributed by atoms with van der Waals surface area (Å²) in [6.07, 6.45) is 0. The fraction of sp³-hybridized carbons (Fsp3) is 0.200. The Hall–Kier alpha value is -3.92. The van der Waals surface area contributed by atoms with Crippen LogP contribution in [0.2, 0.25) is 5.02 Å². The molecule has 0 aliphatic carbocycles. The fourth-order valence-corrected chi connectivity index (χ4v) is 4.56. The molecule has 0 spiro atoms. The van der Waals surface area contributed by atoms with Crippen LogP contribution in [0.1, 0.15) is 0 Å². The van der Waals surface area contributed by atoms with Gasteiger partial charge in [0.2, 0.25) is 0 Å². The van der Waals surface area contributed by atoms with Gasteiger partial charge >= 0.3 is 0 Å². The predicted molar refractivity (Wildman–Crippen MR) is 147 cm³/mol. The number of hydrogen-bond donors (Lipinski definition) is 0. The van der Waals surface area contributed by atoms with E-state index in [0.717, 1.165) is 48.0 Å². The van der Waals surface area contributed by atoms with Gasteiger partial charge in [0.1, 0.15) is 12.4 Å². The van der Waals surface area contributed by atoms with Crippen LogP contribution >= 0.6 is 11.6 Å². The second-order valence-electron chi connectivity index (χ2n) is 8.88. The Bertz CT molecular complexity index is 1480. The molecule has 1 fully saturated rings. The maximum absolute atomic E-state index is 13.5. The zero-order valence-electron chi connectivity index (χ0n) is 20.3. The molecule has 5 nitrogen and oxygen atoms in total. The van der Waals surface area contributed by atoms with Gasteiger partial charge in [0.25, 0.3) is 5.56 Å². The van der Waals surface area contributed by atoms with E-state index in [9.17, 15) is 9.18 Å². The number of aromatic nitrogens is 2. The molecule has 0 amide bonds. The number of anilines is 1. The standard InChI is InChI=1S/C30H26ClFN4O/c31-25-9-6-10-27(21-25)35-19-17-34(18-20-35)15-4-5-16-36-30(37)28(23-7-2-1-3-8-23)22-29(33-36)24-11-13-26(32)14-12-24/h1-3,6-14,21-22H,15-20H2. The maximum atomic E-state index is 13.5. The van der Waals surface area contributed by atoms with E-state index in [2.05, 4.69) is 32.8 Å². The molecule has 0 radical (unpaired) electrons. The van der Waals surface area contributed by atoms with E-state index < -0.39 is 0 Å². The lowest BCUT2D eigenvalue weighted by Gasteiger charge is -2.35. The van der Waals surface area contributed by atoms with E-state index in [1.165, 1.54) is 16.8 Å². The van der Waals surface area contributed by atoms with Crippen LogP contribution in [-0.2, 0) is 6.54 Å². The van der Waals surface area contributed by atoms with Crippen LogP contribution in [0.3, 0.4) is 0 Å². The lowest BCUT2D eigenvalue weighted by atomic mass is 10.0. The molecule has 1 aliphatic rings. The first-order valence-electron chi connectivity index (χ1n) is 12.2. The molecule has 0 atom stereocenters. The molecule has 7 heteroatoms. The van der Waals surface area contributed by atoms with Crippen molar-refractivity contribution in [2.75, 3.05) is 37.6 Å². The summed E-state index contributed by atoms with van der Waals surface area (Å²) in [4.78, 5) is 17.9. The highest BCUT2D eigenvalue weighted by Crippen LogP contribution is 2.23. The molecule has 0 N–H and O–H groups in total. The molecule has 4 aromatic rings. The van der Waals surface area contributed by atoms with E-state index in [1.54, 1.807) is 18.2 Å². The summed E-state index contributed by atoms with van der Waals surface area (Å²) in [6.45, 7) is 4.42. The molecular formula is C30H26ClFN4O. The SMILES string of the molecule is O=c1c(-c2ccccc2)cc(-c2ccc(F)cc2)nn1CC#CCN1CCN(c2cccc(Cl)c2)CC1. The fourth-order valence-electron chi connectivity index (χ4n) is 4.37. The molecular weight excluding hydrogens is 487 g/mol. The first-order chi connectivity index (χ1) is 18.1. The monoisotopic (exact) mass is 512 g/mol. The quantitative estimate of drug-likeness (QED) is 0.345. The molecule has 1 aromatic heterocycles. The van der Waals surface area contributed by atoms with Gasteiger partial charge in [-0.1, -0.05) is 59.8 Å². The topological polar surface area (TPSA) is 41.4 Å². The van der Waals surface area contributed by atoms with E-state index in [4.69, 9.17) is 11.6 Å². The molecule has 0 bridgehead atoms. The average molecular weight is 513 g/mol. The van der Waals surface area contributed by atoms with Gasteiger partial charge in [-0.25, -0.2) is 9.07 Å². The van der Waals surface area contributed by atoms with Gasteiger partial charge in [-0.05, 0) is 54.1 Å². The predicted octanol–water partition coefficient (Wildman–Crippen LogP) is 5.20. The molecule has 1 saturated heterocycles. The van der Waals surface area contributed by atoms with Crippen molar-refractivity contribution in [3.63, 3.8) is 0 Å². The Kier molecular flexibility index (Phi) is 7.65. The summed E-state index contributed by atoms with van der Waals surface area (Å²) in [5.41, 5.74) is 3.60. The second kappa shape index (κ2) is 11.4. The third-order valence-electron chi connectivity index (χ3n) is 6.40.